The number of carbonyl (C=O) groups excluding carboxylic acids is 1. The minimum absolute atomic E-state index is 0.00904. The highest BCUT2D eigenvalue weighted by molar-refractivity contribution is 5.86. The van der Waals surface area contributed by atoms with Crippen LogP contribution in [0.3, 0.4) is 0 Å². The summed E-state index contributed by atoms with van der Waals surface area (Å²) in [4.78, 5) is 15.4. The second-order valence-corrected chi connectivity index (χ2v) is 9.48. The Morgan fingerprint density at radius 1 is 0.778 bits per heavy atom. The van der Waals surface area contributed by atoms with Crippen molar-refractivity contribution in [3.63, 3.8) is 0 Å². The number of nitrogens with zero attached hydrogens (tertiary/aromatic N) is 1. The van der Waals surface area contributed by atoms with E-state index in [-0.39, 0.29) is 12.1 Å². The van der Waals surface area contributed by atoms with Crippen LogP contribution in [0.25, 0.3) is 10.8 Å². The van der Waals surface area contributed by atoms with Crippen molar-refractivity contribution >= 4 is 16.8 Å². The fourth-order valence-corrected chi connectivity index (χ4v) is 4.90. The summed E-state index contributed by atoms with van der Waals surface area (Å²) in [5.74, 6) is 0. The normalized spacial score (nSPS) is 15.2. The van der Waals surface area contributed by atoms with E-state index in [4.69, 9.17) is 0 Å². The summed E-state index contributed by atoms with van der Waals surface area (Å²) >= 11 is 0. The first-order valence-corrected chi connectivity index (χ1v) is 12.8. The van der Waals surface area contributed by atoms with Gasteiger partial charge in [0.05, 0.1) is 0 Å². The highest BCUT2D eigenvalue weighted by Gasteiger charge is 2.26. The predicted molar refractivity (Wildman–Crippen MR) is 146 cm³/mol. The summed E-state index contributed by atoms with van der Waals surface area (Å²) in [6.45, 7) is 4.57. The van der Waals surface area contributed by atoms with E-state index in [0.717, 1.165) is 43.7 Å². The molecule has 1 atom stereocenters. The van der Waals surface area contributed by atoms with Crippen LogP contribution in [0.5, 0.6) is 0 Å². The van der Waals surface area contributed by atoms with Crippen molar-refractivity contribution in [2.45, 2.75) is 38.6 Å². The number of rotatable bonds is 9. The SMILES string of the molecule is O=C(NCc1cccc2ccccc12)N(Cc1ccc(CNCc2ccccc2)cc1)C1CCNC1. The van der Waals surface area contributed by atoms with Crippen molar-refractivity contribution in [1.29, 1.82) is 0 Å². The molecule has 36 heavy (non-hydrogen) atoms. The Bertz CT molecular complexity index is 1260. The van der Waals surface area contributed by atoms with Gasteiger partial charge in [-0.3, -0.25) is 0 Å². The molecule has 5 rings (SSSR count). The molecule has 1 aliphatic rings. The van der Waals surface area contributed by atoms with Gasteiger partial charge < -0.3 is 20.9 Å². The highest BCUT2D eigenvalue weighted by atomic mass is 16.2. The zero-order chi connectivity index (χ0) is 24.6. The van der Waals surface area contributed by atoms with E-state index < -0.39 is 0 Å². The van der Waals surface area contributed by atoms with Crippen molar-refractivity contribution < 1.29 is 4.79 Å². The van der Waals surface area contributed by atoms with Crippen LogP contribution in [-0.4, -0.2) is 30.1 Å². The molecule has 1 unspecified atom stereocenters. The summed E-state index contributed by atoms with van der Waals surface area (Å²) < 4.78 is 0. The average Bonchev–Trinajstić information content (AvgIpc) is 3.46. The van der Waals surface area contributed by atoms with Crippen molar-refractivity contribution in [3.05, 3.63) is 119 Å². The molecule has 0 aliphatic carbocycles. The number of hydrogen-bond acceptors (Lipinski definition) is 3. The molecule has 5 heteroatoms. The molecule has 184 valence electrons. The lowest BCUT2D eigenvalue weighted by atomic mass is 10.0. The van der Waals surface area contributed by atoms with E-state index in [1.165, 1.54) is 21.9 Å². The summed E-state index contributed by atoms with van der Waals surface area (Å²) in [6.07, 6.45) is 0.975. The number of amides is 2. The Morgan fingerprint density at radius 3 is 2.25 bits per heavy atom. The lowest BCUT2D eigenvalue weighted by Crippen LogP contribution is -2.46. The number of benzene rings is 4. The molecule has 1 aliphatic heterocycles. The van der Waals surface area contributed by atoms with Crippen LogP contribution in [-0.2, 0) is 26.2 Å². The van der Waals surface area contributed by atoms with E-state index in [1.807, 2.05) is 23.1 Å². The number of nitrogens with one attached hydrogen (secondary N) is 3. The van der Waals surface area contributed by atoms with Gasteiger partial charge in [0.25, 0.3) is 0 Å². The van der Waals surface area contributed by atoms with E-state index >= 15 is 0 Å². The number of hydrogen-bond donors (Lipinski definition) is 3. The van der Waals surface area contributed by atoms with Crippen LogP contribution < -0.4 is 16.0 Å². The Morgan fingerprint density at radius 2 is 1.47 bits per heavy atom. The van der Waals surface area contributed by atoms with Crippen LogP contribution in [0.15, 0.2) is 97.1 Å². The molecule has 4 aromatic carbocycles. The number of fused-ring (bicyclic) bond motifs is 1. The fourth-order valence-electron chi connectivity index (χ4n) is 4.90. The summed E-state index contributed by atoms with van der Waals surface area (Å²) in [6, 6.07) is 33.8. The largest absolute Gasteiger partial charge is 0.334 e. The van der Waals surface area contributed by atoms with Gasteiger partial charge in [0.2, 0.25) is 0 Å². The highest BCUT2D eigenvalue weighted by Crippen LogP contribution is 2.19. The molecule has 1 saturated heterocycles. The van der Waals surface area contributed by atoms with Gasteiger partial charge in [0, 0.05) is 38.8 Å². The van der Waals surface area contributed by atoms with Crippen LogP contribution in [0.2, 0.25) is 0 Å². The maximum atomic E-state index is 13.4. The molecule has 0 radical (unpaired) electrons. The van der Waals surface area contributed by atoms with Crippen LogP contribution in [0, 0.1) is 0 Å². The molecule has 5 nitrogen and oxygen atoms in total. The molecule has 1 heterocycles. The first-order valence-electron chi connectivity index (χ1n) is 12.8. The fraction of sp³-hybridized carbons (Fsp3) is 0.258. The minimum atomic E-state index is -0.00904. The molecule has 4 aromatic rings. The maximum absolute atomic E-state index is 13.4. The van der Waals surface area contributed by atoms with E-state index in [2.05, 4.69) is 94.8 Å². The van der Waals surface area contributed by atoms with Gasteiger partial charge in [-0.05, 0) is 46.0 Å². The van der Waals surface area contributed by atoms with Gasteiger partial charge in [0.15, 0.2) is 0 Å². The van der Waals surface area contributed by atoms with Gasteiger partial charge >= 0.3 is 6.03 Å². The molecule has 0 spiro atoms. The lowest BCUT2D eigenvalue weighted by molar-refractivity contribution is 0.174. The molecule has 1 fully saturated rings. The van der Waals surface area contributed by atoms with E-state index in [1.54, 1.807) is 0 Å². The minimum Gasteiger partial charge on any atom is -0.334 e. The van der Waals surface area contributed by atoms with Crippen LogP contribution >= 0.6 is 0 Å². The quantitative estimate of drug-likeness (QED) is 0.310. The van der Waals surface area contributed by atoms with Crippen molar-refractivity contribution in [2.75, 3.05) is 13.1 Å². The Labute approximate surface area is 213 Å². The smallest absolute Gasteiger partial charge is 0.318 e. The van der Waals surface area contributed by atoms with Crippen molar-refractivity contribution in [2.24, 2.45) is 0 Å². The lowest BCUT2D eigenvalue weighted by Gasteiger charge is -2.29. The Balaban J connectivity index is 1.20. The average molecular weight is 479 g/mol. The summed E-state index contributed by atoms with van der Waals surface area (Å²) in [5.41, 5.74) is 4.81. The third kappa shape index (κ3) is 6.11. The molecular formula is C31H34N4O. The molecule has 2 amide bonds. The van der Waals surface area contributed by atoms with Gasteiger partial charge in [-0.15, -0.1) is 0 Å². The van der Waals surface area contributed by atoms with E-state index in [0.29, 0.717) is 13.1 Å². The van der Waals surface area contributed by atoms with E-state index in [9.17, 15) is 4.79 Å². The first-order chi connectivity index (χ1) is 17.8. The number of urea groups is 1. The topological polar surface area (TPSA) is 56.4 Å². The summed E-state index contributed by atoms with van der Waals surface area (Å²) in [7, 11) is 0. The maximum Gasteiger partial charge on any atom is 0.318 e. The zero-order valence-corrected chi connectivity index (χ0v) is 20.6. The van der Waals surface area contributed by atoms with Gasteiger partial charge in [-0.25, -0.2) is 4.79 Å². The third-order valence-electron chi connectivity index (χ3n) is 6.92. The van der Waals surface area contributed by atoms with Gasteiger partial charge in [0.1, 0.15) is 0 Å². The molecule has 3 N–H and O–H groups in total. The van der Waals surface area contributed by atoms with Crippen molar-refractivity contribution in [1.82, 2.24) is 20.9 Å². The molecule has 0 saturated carbocycles. The predicted octanol–water partition coefficient (Wildman–Crippen LogP) is 5.20. The van der Waals surface area contributed by atoms with Crippen LogP contribution in [0.4, 0.5) is 4.79 Å². The third-order valence-corrected chi connectivity index (χ3v) is 6.92. The Hall–Kier alpha value is -3.67. The molecule has 0 bridgehead atoms. The zero-order valence-electron chi connectivity index (χ0n) is 20.6. The standard InChI is InChI=1S/C31H34N4O/c36-31(34-21-28-11-6-10-27-9-4-5-12-30(27)28)35(29-17-18-32-22-29)23-26-15-13-25(14-16-26)20-33-19-24-7-2-1-3-8-24/h1-16,29,32-33H,17-23H2,(H,34,36). The van der Waals surface area contributed by atoms with Crippen molar-refractivity contribution in [3.8, 4) is 0 Å². The molecule has 0 aromatic heterocycles. The number of carbonyl (C=O) groups is 1. The molecular weight excluding hydrogens is 444 g/mol. The van der Waals surface area contributed by atoms with Crippen LogP contribution in [0.1, 0.15) is 28.7 Å². The summed E-state index contributed by atoms with van der Waals surface area (Å²) in [5, 5.41) is 12.5. The Kier molecular flexibility index (Phi) is 7.91. The second kappa shape index (κ2) is 11.8. The van der Waals surface area contributed by atoms with Gasteiger partial charge in [-0.2, -0.15) is 0 Å². The monoisotopic (exact) mass is 478 g/mol. The second-order valence-electron chi connectivity index (χ2n) is 9.48. The first kappa shape index (κ1) is 24.0. The van der Waals surface area contributed by atoms with Gasteiger partial charge in [-0.1, -0.05) is 97.1 Å².